The van der Waals surface area contributed by atoms with Gasteiger partial charge in [0.1, 0.15) is 5.75 Å². The lowest BCUT2D eigenvalue weighted by molar-refractivity contribution is 0.0374. The number of amides is 2. The van der Waals surface area contributed by atoms with Crippen molar-refractivity contribution in [2.45, 2.75) is 5.66 Å². The predicted octanol–water partition coefficient (Wildman–Crippen LogP) is 4.74. The fourth-order valence-electron chi connectivity index (χ4n) is 4.94. The SMILES string of the molecule is O=C(c1ccc(Oc2ccccc2)nc1)N1CCN2C(=O)c3ccncc3C12c1ccc(Cl)cc1. The van der Waals surface area contributed by atoms with Crippen LogP contribution in [0.15, 0.2) is 91.4 Å². The Morgan fingerprint density at radius 3 is 2.49 bits per heavy atom. The molecule has 2 aliphatic rings. The van der Waals surface area contributed by atoms with Gasteiger partial charge in [-0.3, -0.25) is 14.6 Å². The molecule has 4 aromatic rings. The van der Waals surface area contributed by atoms with Crippen LogP contribution >= 0.6 is 11.6 Å². The smallest absolute Gasteiger partial charge is 0.257 e. The average molecular weight is 483 g/mol. The van der Waals surface area contributed by atoms with Crippen molar-refractivity contribution in [2.24, 2.45) is 0 Å². The Kier molecular flexibility index (Phi) is 5.00. The standard InChI is InChI=1S/C27H19ClN4O3/c28-20-9-7-19(8-10-20)27-23-17-29-13-12-22(23)26(34)32(27)15-14-31(27)25(33)18-6-11-24(30-16-18)35-21-4-2-1-3-5-21/h1-13,16-17H,14-15H2. The molecule has 1 atom stereocenters. The number of nitrogens with zero attached hydrogens (tertiary/aromatic N) is 4. The summed E-state index contributed by atoms with van der Waals surface area (Å²) in [6.45, 7) is 0.758. The second-order valence-corrected chi connectivity index (χ2v) is 8.75. The number of hydrogen-bond acceptors (Lipinski definition) is 5. The molecule has 1 saturated heterocycles. The minimum absolute atomic E-state index is 0.127. The van der Waals surface area contributed by atoms with Gasteiger partial charge >= 0.3 is 0 Å². The summed E-state index contributed by atoms with van der Waals surface area (Å²) < 4.78 is 5.76. The maximum absolute atomic E-state index is 13.9. The molecule has 2 amide bonds. The second kappa shape index (κ2) is 8.21. The molecule has 172 valence electrons. The minimum atomic E-state index is -1.11. The van der Waals surface area contributed by atoms with Crippen molar-refractivity contribution in [2.75, 3.05) is 13.1 Å². The molecule has 35 heavy (non-hydrogen) atoms. The summed E-state index contributed by atoms with van der Waals surface area (Å²) in [5.41, 5.74) is 1.27. The van der Waals surface area contributed by atoms with Crippen LogP contribution in [0.25, 0.3) is 0 Å². The molecular formula is C27H19ClN4O3. The molecule has 0 radical (unpaired) electrons. The molecule has 7 nitrogen and oxygen atoms in total. The van der Waals surface area contributed by atoms with Crippen LogP contribution in [0.2, 0.25) is 5.02 Å². The normalized spacial score (nSPS) is 18.4. The lowest BCUT2D eigenvalue weighted by Crippen LogP contribution is -2.51. The van der Waals surface area contributed by atoms with Crippen LogP contribution in [0.1, 0.15) is 31.8 Å². The van der Waals surface area contributed by atoms with Crippen molar-refractivity contribution in [3.8, 4) is 11.6 Å². The Hall–Kier alpha value is -4.23. The molecule has 4 heterocycles. The van der Waals surface area contributed by atoms with Gasteiger partial charge < -0.3 is 14.5 Å². The molecule has 2 aromatic heterocycles. The molecule has 1 fully saturated rings. The molecule has 2 aromatic carbocycles. The number of rotatable bonds is 4. The maximum atomic E-state index is 13.9. The van der Waals surface area contributed by atoms with Gasteiger partial charge in [-0.25, -0.2) is 4.98 Å². The van der Waals surface area contributed by atoms with Crippen molar-refractivity contribution in [1.82, 2.24) is 19.8 Å². The van der Waals surface area contributed by atoms with Crippen LogP contribution in [0.5, 0.6) is 11.6 Å². The van der Waals surface area contributed by atoms with Gasteiger partial charge in [0.25, 0.3) is 11.8 Å². The van der Waals surface area contributed by atoms with Gasteiger partial charge in [-0.1, -0.05) is 41.9 Å². The number of fused-ring (bicyclic) bond motifs is 3. The number of hydrogen-bond donors (Lipinski definition) is 0. The fraction of sp³-hybridized carbons (Fsp3) is 0.111. The van der Waals surface area contributed by atoms with Crippen LogP contribution in [0, 0.1) is 0 Å². The second-order valence-electron chi connectivity index (χ2n) is 8.31. The van der Waals surface area contributed by atoms with E-state index in [1.807, 2.05) is 42.5 Å². The number of para-hydroxylation sites is 1. The highest BCUT2D eigenvalue weighted by Crippen LogP contribution is 2.49. The number of carbonyl (C=O) groups excluding carboxylic acids is 2. The molecule has 0 spiro atoms. The third-order valence-corrected chi connectivity index (χ3v) is 6.69. The van der Waals surface area contributed by atoms with Crippen LogP contribution in [-0.2, 0) is 5.66 Å². The largest absolute Gasteiger partial charge is 0.439 e. The van der Waals surface area contributed by atoms with Crippen LogP contribution in [-0.4, -0.2) is 44.7 Å². The summed E-state index contributed by atoms with van der Waals surface area (Å²) >= 11 is 6.16. The maximum Gasteiger partial charge on any atom is 0.257 e. The lowest BCUT2D eigenvalue weighted by atomic mass is 9.90. The van der Waals surface area contributed by atoms with E-state index in [4.69, 9.17) is 16.3 Å². The molecule has 6 rings (SSSR count). The van der Waals surface area contributed by atoms with Crippen LogP contribution in [0.4, 0.5) is 0 Å². The van der Waals surface area contributed by atoms with Gasteiger partial charge in [0.15, 0.2) is 5.66 Å². The summed E-state index contributed by atoms with van der Waals surface area (Å²) in [7, 11) is 0. The highest BCUT2D eigenvalue weighted by Gasteiger charge is 2.59. The average Bonchev–Trinajstić information content (AvgIpc) is 3.40. The Balaban J connectivity index is 1.41. The van der Waals surface area contributed by atoms with Gasteiger partial charge in [0, 0.05) is 53.9 Å². The molecule has 2 aliphatic heterocycles. The monoisotopic (exact) mass is 482 g/mol. The van der Waals surface area contributed by atoms with Gasteiger partial charge in [0.2, 0.25) is 5.88 Å². The molecule has 0 N–H and O–H groups in total. The molecule has 0 bridgehead atoms. The highest BCUT2D eigenvalue weighted by molar-refractivity contribution is 6.30. The fourth-order valence-corrected chi connectivity index (χ4v) is 5.07. The zero-order valence-corrected chi connectivity index (χ0v) is 19.2. The molecular weight excluding hydrogens is 464 g/mol. The number of carbonyl (C=O) groups is 2. The van der Waals surface area contributed by atoms with E-state index in [0.717, 1.165) is 5.56 Å². The first kappa shape index (κ1) is 21.3. The van der Waals surface area contributed by atoms with E-state index in [0.29, 0.717) is 46.4 Å². The zero-order valence-electron chi connectivity index (χ0n) is 18.5. The number of halogens is 1. The number of ether oxygens (including phenoxy) is 1. The quantitative estimate of drug-likeness (QED) is 0.420. The van der Waals surface area contributed by atoms with Crippen LogP contribution in [0.3, 0.4) is 0 Å². The molecule has 0 aliphatic carbocycles. The topological polar surface area (TPSA) is 75.6 Å². The number of pyridine rings is 2. The van der Waals surface area contributed by atoms with Crippen LogP contribution < -0.4 is 4.74 Å². The summed E-state index contributed by atoms with van der Waals surface area (Å²) in [6.07, 6.45) is 4.76. The van der Waals surface area contributed by atoms with E-state index in [1.54, 1.807) is 52.5 Å². The van der Waals surface area contributed by atoms with Crippen molar-refractivity contribution >= 4 is 23.4 Å². The summed E-state index contributed by atoms with van der Waals surface area (Å²) in [4.78, 5) is 39.3. The third-order valence-electron chi connectivity index (χ3n) is 6.44. The molecule has 0 saturated carbocycles. The van der Waals surface area contributed by atoms with Gasteiger partial charge in [-0.15, -0.1) is 0 Å². The first-order valence-corrected chi connectivity index (χ1v) is 11.5. The van der Waals surface area contributed by atoms with E-state index >= 15 is 0 Å². The minimum Gasteiger partial charge on any atom is -0.439 e. The Bertz CT molecular complexity index is 1430. The molecule has 8 heteroatoms. The highest BCUT2D eigenvalue weighted by atomic mass is 35.5. The Morgan fingerprint density at radius 1 is 0.943 bits per heavy atom. The van der Waals surface area contributed by atoms with Crippen molar-refractivity contribution < 1.29 is 14.3 Å². The third kappa shape index (κ3) is 3.27. The first-order chi connectivity index (χ1) is 17.1. The zero-order chi connectivity index (χ0) is 24.0. The predicted molar refractivity (Wildman–Crippen MR) is 129 cm³/mol. The Labute approximate surface area is 206 Å². The lowest BCUT2D eigenvalue weighted by Gasteiger charge is -2.40. The van der Waals surface area contributed by atoms with Crippen molar-refractivity contribution in [3.05, 3.63) is 119 Å². The van der Waals surface area contributed by atoms with E-state index < -0.39 is 5.66 Å². The van der Waals surface area contributed by atoms with Crippen molar-refractivity contribution in [1.29, 1.82) is 0 Å². The Morgan fingerprint density at radius 2 is 1.74 bits per heavy atom. The van der Waals surface area contributed by atoms with E-state index in [-0.39, 0.29) is 11.8 Å². The van der Waals surface area contributed by atoms with E-state index in [9.17, 15) is 9.59 Å². The van der Waals surface area contributed by atoms with Gasteiger partial charge in [0.05, 0.1) is 11.1 Å². The van der Waals surface area contributed by atoms with Crippen molar-refractivity contribution in [3.63, 3.8) is 0 Å². The van der Waals surface area contributed by atoms with E-state index in [1.165, 1.54) is 6.20 Å². The van der Waals surface area contributed by atoms with Gasteiger partial charge in [-0.2, -0.15) is 0 Å². The summed E-state index contributed by atoms with van der Waals surface area (Å²) in [5.74, 6) is 0.668. The first-order valence-electron chi connectivity index (χ1n) is 11.1. The van der Waals surface area contributed by atoms with Gasteiger partial charge in [-0.05, 0) is 36.4 Å². The number of benzene rings is 2. The molecule has 1 unspecified atom stereocenters. The summed E-state index contributed by atoms with van der Waals surface area (Å²) in [6, 6.07) is 21.6. The van der Waals surface area contributed by atoms with E-state index in [2.05, 4.69) is 9.97 Å². The summed E-state index contributed by atoms with van der Waals surface area (Å²) in [5, 5.41) is 0.571. The number of aromatic nitrogens is 2.